The number of carbonyl (C=O) groups excluding carboxylic acids is 2. The first-order valence-electron chi connectivity index (χ1n) is 25.9. The lowest BCUT2D eigenvalue weighted by Gasteiger charge is -2.22. The molecule has 2 unspecified atom stereocenters. The minimum atomic E-state index is -0.665. The number of hydrogen-bond acceptors (Lipinski definition) is 5. The van der Waals surface area contributed by atoms with Crippen molar-refractivity contribution < 1.29 is 24.5 Å². The van der Waals surface area contributed by atoms with Gasteiger partial charge in [-0.15, -0.1) is 0 Å². The molecular weight excluding hydrogens is 719 g/mol. The van der Waals surface area contributed by atoms with Gasteiger partial charge >= 0.3 is 5.97 Å². The van der Waals surface area contributed by atoms with Crippen LogP contribution in [0.3, 0.4) is 0 Å². The molecule has 3 N–H and O–H groups in total. The highest BCUT2D eigenvalue weighted by Crippen LogP contribution is 2.16. The van der Waals surface area contributed by atoms with Crippen molar-refractivity contribution >= 4 is 11.9 Å². The fourth-order valence-electron chi connectivity index (χ4n) is 8.05. The Morgan fingerprint density at radius 3 is 1.22 bits per heavy atom. The summed E-state index contributed by atoms with van der Waals surface area (Å²) < 4.78 is 5.47. The summed E-state index contributed by atoms with van der Waals surface area (Å²) in [7, 11) is 0. The Morgan fingerprint density at radius 2 is 0.810 bits per heavy atom. The van der Waals surface area contributed by atoms with Gasteiger partial charge in [0.1, 0.15) is 0 Å². The first-order valence-corrected chi connectivity index (χ1v) is 25.9. The minimum absolute atomic E-state index is 0.00268. The van der Waals surface area contributed by atoms with E-state index in [4.69, 9.17) is 4.74 Å². The molecule has 0 aromatic heterocycles. The number of unbranched alkanes of at least 4 members (excludes halogenated alkanes) is 35. The van der Waals surface area contributed by atoms with Crippen LogP contribution in [-0.2, 0) is 14.3 Å². The average molecular weight is 820 g/mol. The normalized spacial score (nSPS) is 12.7. The smallest absolute Gasteiger partial charge is 0.305 e. The van der Waals surface area contributed by atoms with Gasteiger partial charge in [-0.05, 0) is 51.4 Å². The largest absolute Gasteiger partial charge is 0.466 e. The predicted octanol–water partition coefficient (Wildman–Crippen LogP) is 15.3. The molecule has 0 fully saturated rings. The summed E-state index contributed by atoms with van der Waals surface area (Å²) in [6, 6.07) is -0.542. The van der Waals surface area contributed by atoms with Gasteiger partial charge in [0.05, 0.1) is 25.4 Å². The summed E-state index contributed by atoms with van der Waals surface area (Å²) in [6.07, 6.45) is 54.7. The summed E-state index contributed by atoms with van der Waals surface area (Å²) in [5.74, 6) is -0.0452. The molecule has 0 aliphatic heterocycles. The van der Waals surface area contributed by atoms with E-state index in [1.807, 2.05) is 0 Å². The van der Waals surface area contributed by atoms with Crippen LogP contribution < -0.4 is 5.32 Å². The Labute approximate surface area is 361 Å². The Kier molecular flexibility index (Phi) is 47.1. The monoisotopic (exact) mass is 820 g/mol. The van der Waals surface area contributed by atoms with Crippen LogP contribution in [-0.4, -0.2) is 47.4 Å². The third-order valence-electron chi connectivity index (χ3n) is 12.1. The van der Waals surface area contributed by atoms with E-state index >= 15 is 0 Å². The Bertz CT molecular complexity index is 863. The van der Waals surface area contributed by atoms with Crippen molar-refractivity contribution in [3.8, 4) is 0 Å². The van der Waals surface area contributed by atoms with E-state index in [9.17, 15) is 19.8 Å². The third kappa shape index (κ3) is 44.2. The van der Waals surface area contributed by atoms with E-state index in [2.05, 4.69) is 31.3 Å². The van der Waals surface area contributed by atoms with Gasteiger partial charge in [-0.1, -0.05) is 231 Å². The first kappa shape index (κ1) is 56.6. The number of nitrogens with one attached hydrogen (secondary N) is 1. The molecule has 0 heterocycles. The Hall–Kier alpha value is -1.40. The molecule has 0 aliphatic carbocycles. The van der Waals surface area contributed by atoms with Crippen LogP contribution in [0.5, 0.6) is 0 Å². The van der Waals surface area contributed by atoms with E-state index in [1.54, 1.807) is 0 Å². The third-order valence-corrected chi connectivity index (χ3v) is 12.1. The van der Waals surface area contributed by atoms with Crippen LogP contribution in [0.1, 0.15) is 284 Å². The molecule has 6 heteroatoms. The van der Waals surface area contributed by atoms with E-state index in [-0.39, 0.29) is 18.5 Å². The first-order chi connectivity index (χ1) is 28.5. The highest BCUT2D eigenvalue weighted by molar-refractivity contribution is 5.76. The molecule has 0 aliphatic rings. The van der Waals surface area contributed by atoms with Crippen LogP contribution in [0.2, 0.25) is 0 Å². The number of esters is 1. The lowest BCUT2D eigenvalue weighted by Crippen LogP contribution is -2.45. The fourth-order valence-corrected chi connectivity index (χ4v) is 8.05. The second-order valence-electron chi connectivity index (χ2n) is 17.9. The summed E-state index contributed by atoms with van der Waals surface area (Å²) in [5, 5.41) is 23.1. The van der Waals surface area contributed by atoms with E-state index in [0.29, 0.717) is 25.9 Å². The quantitative estimate of drug-likeness (QED) is 0.0323. The van der Waals surface area contributed by atoms with Crippen molar-refractivity contribution in [2.45, 2.75) is 296 Å². The van der Waals surface area contributed by atoms with Crippen molar-refractivity contribution in [1.29, 1.82) is 0 Å². The van der Waals surface area contributed by atoms with Crippen molar-refractivity contribution in [2.24, 2.45) is 0 Å². The minimum Gasteiger partial charge on any atom is -0.466 e. The SMILES string of the molecule is CCCCCCCC/C=C\CCCCCCCC(=O)OCCCCCCCCCCCCCCCCCCCC(=O)NC(CO)C(O)CCCCCCCCCCC. The predicted molar refractivity (Wildman–Crippen MR) is 250 cm³/mol. The molecule has 2 atom stereocenters. The number of carbonyl (C=O) groups is 2. The number of rotatable bonds is 48. The number of hydrogen-bond donors (Lipinski definition) is 3. The average Bonchev–Trinajstić information content (AvgIpc) is 3.22. The Morgan fingerprint density at radius 1 is 0.466 bits per heavy atom. The van der Waals surface area contributed by atoms with Crippen LogP contribution >= 0.6 is 0 Å². The van der Waals surface area contributed by atoms with Gasteiger partial charge in [0.15, 0.2) is 0 Å². The van der Waals surface area contributed by atoms with Gasteiger partial charge in [0.25, 0.3) is 0 Å². The van der Waals surface area contributed by atoms with Crippen molar-refractivity contribution in [3.05, 3.63) is 12.2 Å². The fraction of sp³-hybridized carbons (Fsp3) is 0.923. The number of aliphatic hydroxyl groups is 2. The zero-order chi connectivity index (χ0) is 42.3. The molecule has 0 rings (SSSR count). The second-order valence-corrected chi connectivity index (χ2v) is 17.9. The highest BCUT2D eigenvalue weighted by atomic mass is 16.5. The van der Waals surface area contributed by atoms with Gasteiger partial charge in [-0.2, -0.15) is 0 Å². The molecule has 6 nitrogen and oxygen atoms in total. The zero-order valence-electron chi connectivity index (χ0n) is 39.0. The van der Waals surface area contributed by atoms with E-state index < -0.39 is 12.1 Å². The van der Waals surface area contributed by atoms with Gasteiger partial charge in [-0.3, -0.25) is 9.59 Å². The maximum absolute atomic E-state index is 12.4. The van der Waals surface area contributed by atoms with Crippen molar-refractivity contribution in [3.63, 3.8) is 0 Å². The van der Waals surface area contributed by atoms with Gasteiger partial charge < -0.3 is 20.3 Å². The molecule has 0 aromatic carbocycles. The molecule has 1 amide bonds. The molecule has 0 radical (unpaired) electrons. The molecule has 0 bridgehead atoms. The zero-order valence-corrected chi connectivity index (χ0v) is 39.0. The maximum Gasteiger partial charge on any atom is 0.305 e. The molecule has 0 saturated heterocycles. The number of aliphatic hydroxyl groups excluding tert-OH is 2. The lowest BCUT2D eigenvalue weighted by atomic mass is 10.0. The maximum atomic E-state index is 12.4. The van der Waals surface area contributed by atoms with Crippen molar-refractivity contribution in [2.75, 3.05) is 13.2 Å². The van der Waals surface area contributed by atoms with Gasteiger partial charge in [-0.25, -0.2) is 0 Å². The number of ether oxygens (including phenoxy) is 1. The molecule has 0 aromatic rings. The van der Waals surface area contributed by atoms with E-state index in [1.165, 1.54) is 205 Å². The molecule has 58 heavy (non-hydrogen) atoms. The molecule has 0 spiro atoms. The summed E-state index contributed by atoms with van der Waals surface area (Å²) >= 11 is 0. The topological polar surface area (TPSA) is 95.9 Å². The van der Waals surface area contributed by atoms with Gasteiger partial charge in [0, 0.05) is 12.8 Å². The van der Waals surface area contributed by atoms with Crippen LogP contribution in [0.15, 0.2) is 12.2 Å². The molecule has 344 valence electrons. The standard InChI is InChI=1S/C52H101NO5/c1-3-5-7-9-11-13-14-15-19-23-26-30-34-38-42-46-52(57)58-47-43-39-35-31-27-24-21-18-16-17-20-22-25-29-33-37-41-45-51(56)53-49(48-54)50(55)44-40-36-32-28-12-10-8-6-4-2/h15,19,49-50,54-55H,3-14,16-18,20-48H2,1-2H3,(H,53,56)/b19-15-. The van der Waals surface area contributed by atoms with Crippen molar-refractivity contribution in [1.82, 2.24) is 5.32 Å². The van der Waals surface area contributed by atoms with Gasteiger partial charge in [0.2, 0.25) is 5.91 Å². The van der Waals surface area contributed by atoms with Crippen LogP contribution in [0.25, 0.3) is 0 Å². The van der Waals surface area contributed by atoms with E-state index in [0.717, 1.165) is 44.9 Å². The number of allylic oxidation sites excluding steroid dienone is 2. The molecule has 0 saturated carbocycles. The summed E-state index contributed by atoms with van der Waals surface area (Å²) in [6.45, 7) is 4.91. The number of amides is 1. The van der Waals surface area contributed by atoms with Crippen LogP contribution in [0, 0.1) is 0 Å². The summed E-state index contributed by atoms with van der Waals surface area (Å²) in [5.41, 5.74) is 0. The lowest BCUT2D eigenvalue weighted by molar-refractivity contribution is -0.143. The summed E-state index contributed by atoms with van der Waals surface area (Å²) in [4.78, 5) is 24.4. The molecular formula is C52H101NO5. The highest BCUT2D eigenvalue weighted by Gasteiger charge is 2.20. The van der Waals surface area contributed by atoms with Crippen LogP contribution in [0.4, 0.5) is 0 Å². The second kappa shape index (κ2) is 48.3. The Balaban J connectivity index is 3.38.